The Hall–Kier alpha value is -2.62. The second-order valence-corrected chi connectivity index (χ2v) is 6.46. The van der Waals surface area contributed by atoms with Gasteiger partial charge in [-0.25, -0.2) is 0 Å². The summed E-state index contributed by atoms with van der Waals surface area (Å²) in [7, 11) is 0. The molecule has 25 heavy (non-hydrogen) atoms. The number of rotatable bonds is 6. The summed E-state index contributed by atoms with van der Waals surface area (Å²) in [5, 5.41) is 5.50. The molecule has 4 nitrogen and oxygen atoms in total. The predicted molar refractivity (Wildman–Crippen MR) is 98.6 cm³/mol. The third kappa shape index (κ3) is 4.92. The monoisotopic (exact) mass is 336 g/mol. The van der Waals surface area contributed by atoms with Gasteiger partial charge in [0.15, 0.2) is 0 Å². The highest BCUT2D eigenvalue weighted by Gasteiger charge is 2.10. The number of benzene rings is 2. The second kappa shape index (κ2) is 8.47. The van der Waals surface area contributed by atoms with Crippen molar-refractivity contribution in [2.24, 2.45) is 0 Å². The number of hydrogen-bond donors (Lipinski definition) is 2. The quantitative estimate of drug-likeness (QED) is 0.852. The maximum absolute atomic E-state index is 11.9. The van der Waals surface area contributed by atoms with Gasteiger partial charge in [0.1, 0.15) is 0 Å². The van der Waals surface area contributed by atoms with Gasteiger partial charge in [0.2, 0.25) is 5.91 Å². The summed E-state index contributed by atoms with van der Waals surface area (Å²) in [5.41, 5.74) is 4.76. The first kappa shape index (κ1) is 17.2. The Bertz CT molecular complexity index is 741. The summed E-state index contributed by atoms with van der Waals surface area (Å²) in [6.45, 7) is 0.580. The molecule has 0 heterocycles. The van der Waals surface area contributed by atoms with Crippen molar-refractivity contribution in [1.29, 1.82) is 0 Å². The van der Waals surface area contributed by atoms with E-state index in [1.807, 2.05) is 6.07 Å². The molecule has 1 aliphatic carbocycles. The molecular weight excluding hydrogens is 312 g/mol. The van der Waals surface area contributed by atoms with E-state index in [4.69, 9.17) is 0 Å². The minimum atomic E-state index is -0.231. The van der Waals surface area contributed by atoms with E-state index in [2.05, 4.69) is 28.8 Å². The van der Waals surface area contributed by atoms with Gasteiger partial charge in [-0.2, -0.15) is 0 Å². The van der Waals surface area contributed by atoms with E-state index in [0.717, 1.165) is 6.42 Å². The first-order valence-corrected chi connectivity index (χ1v) is 8.93. The highest BCUT2D eigenvalue weighted by atomic mass is 16.2. The lowest BCUT2D eigenvalue weighted by molar-refractivity contribution is -0.120. The van der Waals surface area contributed by atoms with Crippen LogP contribution in [0.3, 0.4) is 0 Å². The van der Waals surface area contributed by atoms with Crippen LogP contribution in [0.4, 0.5) is 0 Å². The molecule has 0 saturated heterocycles. The summed E-state index contributed by atoms with van der Waals surface area (Å²) in [6.07, 6.45) is 5.73. The maximum Gasteiger partial charge on any atom is 0.251 e. The maximum atomic E-state index is 11.9. The number of hydrogen-bond acceptors (Lipinski definition) is 2. The van der Waals surface area contributed by atoms with Crippen LogP contribution >= 0.6 is 0 Å². The lowest BCUT2D eigenvalue weighted by Gasteiger charge is -2.16. The molecule has 3 rings (SSSR count). The third-order valence-corrected chi connectivity index (χ3v) is 4.59. The molecule has 0 atom stereocenters. The molecule has 1 aliphatic rings. The Morgan fingerprint density at radius 3 is 2.44 bits per heavy atom. The van der Waals surface area contributed by atoms with E-state index >= 15 is 0 Å². The van der Waals surface area contributed by atoms with Crippen LogP contribution in [0.5, 0.6) is 0 Å². The number of aryl methyl sites for hydroxylation is 2. The lowest BCUT2D eigenvalue weighted by atomic mass is 9.90. The standard InChI is InChI=1S/C21H24N2O2/c24-20(15-23-21(25)18-7-2-1-3-8-18)22-13-12-16-10-11-17-6-4-5-9-19(17)14-16/h1-3,7-8,10-11,14H,4-6,9,12-13,15H2,(H,22,24)(H,23,25). The van der Waals surface area contributed by atoms with E-state index in [1.165, 1.54) is 42.4 Å². The summed E-state index contributed by atoms with van der Waals surface area (Å²) < 4.78 is 0. The minimum absolute atomic E-state index is 0.00207. The molecule has 130 valence electrons. The van der Waals surface area contributed by atoms with E-state index in [0.29, 0.717) is 12.1 Å². The van der Waals surface area contributed by atoms with Crippen LogP contribution in [0.15, 0.2) is 48.5 Å². The number of nitrogens with one attached hydrogen (secondary N) is 2. The summed E-state index contributed by atoms with van der Waals surface area (Å²) in [6, 6.07) is 15.6. The molecule has 4 heteroatoms. The van der Waals surface area contributed by atoms with Crippen molar-refractivity contribution in [3.8, 4) is 0 Å². The summed E-state index contributed by atoms with van der Waals surface area (Å²) in [5.74, 6) is -0.396. The summed E-state index contributed by atoms with van der Waals surface area (Å²) in [4.78, 5) is 23.8. The molecule has 0 saturated carbocycles. The Morgan fingerprint density at radius 1 is 0.880 bits per heavy atom. The van der Waals surface area contributed by atoms with Gasteiger partial charge in [-0.05, 0) is 60.9 Å². The topological polar surface area (TPSA) is 58.2 Å². The van der Waals surface area contributed by atoms with Gasteiger partial charge in [-0.1, -0.05) is 36.4 Å². The smallest absolute Gasteiger partial charge is 0.251 e. The number of carbonyl (C=O) groups excluding carboxylic acids is 2. The van der Waals surface area contributed by atoms with Crippen LogP contribution in [0, 0.1) is 0 Å². The van der Waals surface area contributed by atoms with Crippen LogP contribution in [0.25, 0.3) is 0 Å². The zero-order chi connectivity index (χ0) is 17.5. The largest absolute Gasteiger partial charge is 0.354 e. The molecule has 2 aromatic carbocycles. The highest BCUT2D eigenvalue weighted by molar-refractivity contribution is 5.96. The minimum Gasteiger partial charge on any atom is -0.354 e. The molecule has 0 aromatic heterocycles. The van der Waals surface area contributed by atoms with Crippen LogP contribution in [-0.4, -0.2) is 24.9 Å². The van der Waals surface area contributed by atoms with Gasteiger partial charge in [0.25, 0.3) is 5.91 Å². The fourth-order valence-corrected chi connectivity index (χ4v) is 3.20. The highest BCUT2D eigenvalue weighted by Crippen LogP contribution is 2.22. The molecule has 0 fully saturated rings. The second-order valence-electron chi connectivity index (χ2n) is 6.46. The van der Waals surface area contributed by atoms with Gasteiger partial charge >= 0.3 is 0 Å². The van der Waals surface area contributed by atoms with Crippen LogP contribution in [-0.2, 0) is 24.1 Å². The predicted octanol–water partition coefficient (Wildman–Crippen LogP) is 2.65. The van der Waals surface area contributed by atoms with Gasteiger partial charge in [0.05, 0.1) is 6.54 Å². The van der Waals surface area contributed by atoms with Crippen molar-refractivity contribution in [3.63, 3.8) is 0 Å². The van der Waals surface area contributed by atoms with Gasteiger partial charge in [-0.3, -0.25) is 9.59 Å². The molecule has 0 radical (unpaired) electrons. The van der Waals surface area contributed by atoms with Gasteiger partial charge in [-0.15, -0.1) is 0 Å². The number of amides is 2. The molecule has 2 aromatic rings. The van der Waals surface area contributed by atoms with Crippen LogP contribution < -0.4 is 10.6 Å². The molecular formula is C21H24N2O2. The number of fused-ring (bicyclic) bond motifs is 1. The molecule has 0 unspecified atom stereocenters. The molecule has 0 spiro atoms. The average molecular weight is 336 g/mol. The van der Waals surface area contributed by atoms with Crippen molar-refractivity contribution >= 4 is 11.8 Å². The van der Waals surface area contributed by atoms with Crippen LogP contribution in [0.1, 0.15) is 39.9 Å². The first-order chi connectivity index (χ1) is 12.2. The Kier molecular flexibility index (Phi) is 5.83. The van der Waals surface area contributed by atoms with E-state index in [9.17, 15) is 9.59 Å². The van der Waals surface area contributed by atoms with Crippen molar-refractivity contribution < 1.29 is 9.59 Å². The Labute approximate surface area is 148 Å². The van der Waals surface area contributed by atoms with Crippen molar-refractivity contribution in [2.75, 3.05) is 13.1 Å². The third-order valence-electron chi connectivity index (χ3n) is 4.59. The van der Waals surface area contributed by atoms with Crippen molar-refractivity contribution in [1.82, 2.24) is 10.6 Å². The Morgan fingerprint density at radius 2 is 1.64 bits per heavy atom. The van der Waals surface area contributed by atoms with Gasteiger partial charge in [0, 0.05) is 12.1 Å². The first-order valence-electron chi connectivity index (χ1n) is 8.93. The van der Waals surface area contributed by atoms with Crippen LogP contribution in [0.2, 0.25) is 0 Å². The molecule has 2 N–H and O–H groups in total. The zero-order valence-corrected chi connectivity index (χ0v) is 14.4. The average Bonchev–Trinajstić information content (AvgIpc) is 2.66. The van der Waals surface area contributed by atoms with Crippen molar-refractivity contribution in [3.05, 3.63) is 70.8 Å². The van der Waals surface area contributed by atoms with E-state index in [-0.39, 0.29) is 18.4 Å². The van der Waals surface area contributed by atoms with E-state index < -0.39 is 0 Å². The molecule has 0 aliphatic heterocycles. The normalized spacial score (nSPS) is 13.0. The Balaban J connectivity index is 1.40. The number of carbonyl (C=O) groups is 2. The van der Waals surface area contributed by atoms with E-state index in [1.54, 1.807) is 24.3 Å². The van der Waals surface area contributed by atoms with Crippen molar-refractivity contribution in [2.45, 2.75) is 32.1 Å². The summed E-state index contributed by atoms with van der Waals surface area (Å²) >= 11 is 0. The fourth-order valence-electron chi connectivity index (χ4n) is 3.20. The zero-order valence-electron chi connectivity index (χ0n) is 14.4. The lowest BCUT2D eigenvalue weighted by Crippen LogP contribution is -2.37. The molecule has 0 bridgehead atoms. The van der Waals surface area contributed by atoms with Gasteiger partial charge < -0.3 is 10.6 Å². The SMILES string of the molecule is O=C(CNC(=O)c1ccccc1)NCCc1ccc2c(c1)CCCC2. The fraction of sp³-hybridized carbons (Fsp3) is 0.333. The molecule has 2 amide bonds.